The Labute approximate surface area is 101 Å². The molecule has 1 N–H and O–H groups in total. The Morgan fingerprint density at radius 2 is 1.69 bits per heavy atom. The van der Waals surface area contributed by atoms with Gasteiger partial charge in [-0.15, -0.1) is 0 Å². The molecule has 1 nitrogen and oxygen atoms in total. The maximum atomic E-state index is 9.53. The van der Waals surface area contributed by atoms with Crippen molar-refractivity contribution in [1.29, 1.82) is 0 Å². The lowest BCUT2D eigenvalue weighted by molar-refractivity contribution is 0.0839. The molecular formula is C15H26O. The zero-order valence-electron chi connectivity index (χ0n) is 11.5. The van der Waals surface area contributed by atoms with Crippen molar-refractivity contribution < 1.29 is 5.11 Å². The van der Waals surface area contributed by atoms with E-state index in [1.165, 1.54) is 5.57 Å². The smallest absolute Gasteiger partial charge is 0.0626 e. The van der Waals surface area contributed by atoms with Crippen LogP contribution in [0.15, 0.2) is 36.0 Å². The Morgan fingerprint density at radius 3 is 2.12 bits per heavy atom. The topological polar surface area (TPSA) is 20.2 Å². The minimum absolute atomic E-state index is 0.230. The fraction of sp³-hybridized carbons (Fsp3) is 0.600. The zero-order chi connectivity index (χ0) is 12.8. The van der Waals surface area contributed by atoms with Gasteiger partial charge < -0.3 is 5.11 Å². The Bertz CT molecular complexity index is 280. The third-order valence-corrected chi connectivity index (χ3v) is 1.95. The summed E-state index contributed by atoms with van der Waals surface area (Å²) < 4.78 is 0. The summed E-state index contributed by atoms with van der Waals surface area (Å²) in [7, 11) is 0. The van der Waals surface area contributed by atoms with Crippen LogP contribution in [0.25, 0.3) is 0 Å². The van der Waals surface area contributed by atoms with Crippen LogP contribution >= 0.6 is 0 Å². The van der Waals surface area contributed by atoms with Gasteiger partial charge in [-0.1, -0.05) is 56.7 Å². The van der Waals surface area contributed by atoms with Crippen molar-refractivity contribution in [3.8, 4) is 0 Å². The summed E-state index contributed by atoms with van der Waals surface area (Å²) in [5, 5.41) is 9.53. The van der Waals surface area contributed by atoms with Crippen molar-refractivity contribution in [2.75, 3.05) is 0 Å². The molecule has 0 saturated carbocycles. The molecule has 0 fully saturated rings. The number of rotatable bonds is 4. The van der Waals surface area contributed by atoms with Crippen LogP contribution < -0.4 is 0 Å². The van der Waals surface area contributed by atoms with Crippen molar-refractivity contribution in [3.05, 3.63) is 36.0 Å². The molecule has 0 saturated heterocycles. The molecule has 0 atom stereocenters. The molecule has 0 aromatic heterocycles. The first-order valence-electron chi connectivity index (χ1n) is 5.85. The molecule has 0 aromatic carbocycles. The maximum absolute atomic E-state index is 9.53. The first-order chi connectivity index (χ1) is 7.10. The predicted octanol–water partition coefficient (Wildman–Crippen LogP) is 4.25. The lowest BCUT2D eigenvalue weighted by atomic mass is 9.96. The SMILES string of the molecule is CC(/C=C/CC(C)(C)O)=C\C=C\C(C)(C)C. The van der Waals surface area contributed by atoms with E-state index in [4.69, 9.17) is 0 Å². The second-order valence-corrected chi connectivity index (χ2v) is 6.05. The summed E-state index contributed by atoms with van der Waals surface area (Å²) in [6.45, 7) is 12.2. The van der Waals surface area contributed by atoms with E-state index in [1.54, 1.807) is 0 Å². The molecule has 0 unspecified atom stereocenters. The van der Waals surface area contributed by atoms with E-state index >= 15 is 0 Å². The Hall–Kier alpha value is -0.820. The van der Waals surface area contributed by atoms with E-state index < -0.39 is 5.60 Å². The minimum Gasteiger partial charge on any atom is -0.390 e. The monoisotopic (exact) mass is 222 g/mol. The van der Waals surface area contributed by atoms with Gasteiger partial charge in [0.2, 0.25) is 0 Å². The van der Waals surface area contributed by atoms with E-state index in [0.29, 0.717) is 6.42 Å². The van der Waals surface area contributed by atoms with Crippen LogP contribution in [0, 0.1) is 5.41 Å². The van der Waals surface area contributed by atoms with Crippen LogP contribution in [0.5, 0.6) is 0 Å². The fourth-order valence-corrected chi connectivity index (χ4v) is 1.08. The van der Waals surface area contributed by atoms with Gasteiger partial charge in [0.15, 0.2) is 0 Å². The van der Waals surface area contributed by atoms with Crippen LogP contribution in [0.1, 0.15) is 48.0 Å². The summed E-state index contributed by atoms with van der Waals surface area (Å²) in [6, 6.07) is 0. The number of aliphatic hydroxyl groups is 1. The second kappa shape index (κ2) is 6.05. The van der Waals surface area contributed by atoms with Gasteiger partial charge in [-0.25, -0.2) is 0 Å². The first-order valence-corrected chi connectivity index (χ1v) is 5.85. The molecule has 1 heteroatoms. The summed E-state index contributed by atoms with van der Waals surface area (Å²) in [6.07, 6.45) is 11.1. The molecule has 0 aliphatic carbocycles. The molecule has 92 valence electrons. The van der Waals surface area contributed by atoms with Crippen LogP contribution in [0.4, 0.5) is 0 Å². The Kier molecular flexibility index (Phi) is 5.74. The number of hydrogen-bond donors (Lipinski definition) is 1. The molecule has 0 amide bonds. The van der Waals surface area contributed by atoms with Crippen LogP contribution in [-0.4, -0.2) is 10.7 Å². The lowest BCUT2D eigenvalue weighted by Crippen LogP contribution is -2.16. The highest BCUT2D eigenvalue weighted by atomic mass is 16.3. The van der Waals surface area contributed by atoms with Gasteiger partial charge in [-0.3, -0.25) is 0 Å². The normalized spacial score (nSPS) is 15.3. The third kappa shape index (κ3) is 11.3. The molecule has 0 spiro atoms. The standard InChI is InChI=1S/C15H26O/c1-13(9-7-11-14(2,3)4)10-8-12-15(5,6)16/h7-11,16H,12H2,1-6H3/b10-8+,11-7+,13-9+. The van der Waals surface area contributed by atoms with Crippen LogP contribution in [-0.2, 0) is 0 Å². The molecule has 0 bridgehead atoms. The van der Waals surface area contributed by atoms with Gasteiger partial charge >= 0.3 is 0 Å². The van der Waals surface area contributed by atoms with Crippen molar-refractivity contribution in [1.82, 2.24) is 0 Å². The molecule has 0 radical (unpaired) electrons. The van der Waals surface area contributed by atoms with E-state index in [1.807, 2.05) is 26.0 Å². The van der Waals surface area contributed by atoms with E-state index in [2.05, 4.69) is 45.9 Å². The Morgan fingerprint density at radius 1 is 1.12 bits per heavy atom. The van der Waals surface area contributed by atoms with Gasteiger partial charge in [0.25, 0.3) is 0 Å². The molecule has 16 heavy (non-hydrogen) atoms. The second-order valence-electron chi connectivity index (χ2n) is 6.05. The highest BCUT2D eigenvalue weighted by molar-refractivity contribution is 5.22. The predicted molar refractivity (Wildman–Crippen MR) is 72.4 cm³/mol. The highest BCUT2D eigenvalue weighted by Crippen LogP contribution is 2.15. The highest BCUT2D eigenvalue weighted by Gasteiger charge is 2.08. The van der Waals surface area contributed by atoms with Gasteiger partial charge in [0, 0.05) is 0 Å². The molecule has 0 heterocycles. The molecule has 0 aliphatic rings. The van der Waals surface area contributed by atoms with Crippen LogP contribution in [0.3, 0.4) is 0 Å². The van der Waals surface area contributed by atoms with Gasteiger partial charge in [0.05, 0.1) is 5.60 Å². The average Bonchev–Trinajstić information content (AvgIpc) is 1.98. The fourth-order valence-electron chi connectivity index (χ4n) is 1.08. The van der Waals surface area contributed by atoms with E-state index in [0.717, 1.165) is 0 Å². The average molecular weight is 222 g/mol. The van der Waals surface area contributed by atoms with E-state index in [9.17, 15) is 5.11 Å². The summed E-state index contributed by atoms with van der Waals surface area (Å²) in [4.78, 5) is 0. The number of allylic oxidation sites excluding steroid dienone is 5. The van der Waals surface area contributed by atoms with Gasteiger partial charge in [-0.05, 0) is 32.6 Å². The van der Waals surface area contributed by atoms with Gasteiger partial charge in [-0.2, -0.15) is 0 Å². The Balaban J connectivity index is 4.21. The quantitative estimate of drug-likeness (QED) is 0.705. The molecule has 0 rings (SSSR count). The largest absolute Gasteiger partial charge is 0.390 e. The summed E-state index contributed by atoms with van der Waals surface area (Å²) in [5.74, 6) is 0. The lowest BCUT2D eigenvalue weighted by Gasteiger charge is -2.13. The van der Waals surface area contributed by atoms with Crippen molar-refractivity contribution in [3.63, 3.8) is 0 Å². The zero-order valence-corrected chi connectivity index (χ0v) is 11.5. The third-order valence-electron chi connectivity index (χ3n) is 1.95. The van der Waals surface area contributed by atoms with Crippen molar-refractivity contribution in [2.24, 2.45) is 5.41 Å². The minimum atomic E-state index is -0.613. The number of hydrogen-bond acceptors (Lipinski definition) is 1. The summed E-state index contributed by atoms with van der Waals surface area (Å²) in [5.41, 5.74) is 0.816. The van der Waals surface area contributed by atoms with Crippen molar-refractivity contribution in [2.45, 2.75) is 53.6 Å². The van der Waals surface area contributed by atoms with Crippen molar-refractivity contribution >= 4 is 0 Å². The van der Waals surface area contributed by atoms with E-state index in [-0.39, 0.29) is 5.41 Å². The van der Waals surface area contributed by atoms with Gasteiger partial charge in [0.1, 0.15) is 0 Å². The first kappa shape index (κ1) is 15.2. The molecule has 0 aromatic rings. The van der Waals surface area contributed by atoms with Crippen LogP contribution in [0.2, 0.25) is 0 Å². The summed E-state index contributed by atoms with van der Waals surface area (Å²) >= 11 is 0. The molecule has 0 aliphatic heterocycles. The molecular weight excluding hydrogens is 196 g/mol. The maximum Gasteiger partial charge on any atom is 0.0626 e.